The van der Waals surface area contributed by atoms with Gasteiger partial charge in [0, 0.05) is 12.1 Å². The summed E-state index contributed by atoms with van der Waals surface area (Å²) in [5, 5.41) is 0. The van der Waals surface area contributed by atoms with Crippen molar-refractivity contribution in [1.82, 2.24) is 0 Å². The average Bonchev–Trinajstić information content (AvgIpc) is 2.18. The number of nitrogens with two attached hydrogens (primary N) is 1. The number of ether oxygens (including phenoxy) is 2. The highest BCUT2D eigenvalue weighted by Crippen LogP contribution is 2.30. The number of rotatable bonds is 3. The Bertz CT molecular complexity index is 430. The number of alkyl halides is 3. The van der Waals surface area contributed by atoms with Gasteiger partial charge in [0.05, 0.1) is 0 Å². The molecular weight excluding hydrogens is 254 g/mol. The Balaban J connectivity index is 2.01. The van der Waals surface area contributed by atoms with Crippen LogP contribution in [0.5, 0.6) is 11.5 Å². The topological polar surface area (TPSA) is 44.5 Å². The van der Waals surface area contributed by atoms with Gasteiger partial charge in [0.25, 0.3) is 0 Å². The Morgan fingerprint density at radius 2 is 1.89 bits per heavy atom. The van der Waals surface area contributed by atoms with Crippen molar-refractivity contribution in [1.29, 1.82) is 0 Å². The van der Waals surface area contributed by atoms with Gasteiger partial charge < -0.3 is 15.2 Å². The van der Waals surface area contributed by atoms with Gasteiger partial charge in [-0.15, -0.1) is 13.2 Å². The first-order valence-electron chi connectivity index (χ1n) is 5.31. The molecule has 1 aliphatic rings. The molecule has 2 rings (SSSR count). The van der Waals surface area contributed by atoms with Crippen molar-refractivity contribution in [2.24, 2.45) is 5.73 Å². The first-order valence-corrected chi connectivity index (χ1v) is 5.31. The monoisotopic (exact) mass is 265 g/mol. The van der Waals surface area contributed by atoms with Crippen LogP contribution in [0.25, 0.3) is 0 Å². The third kappa shape index (κ3) is 3.25. The molecule has 1 aliphatic carbocycles. The lowest BCUT2D eigenvalue weighted by Gasteiger charge is -2.32. The summed E-state index contributed by atoms with van der Waals surface area (Å²) in [6.45, 7) is 0. The zero-order valence-corrected chi connectivity index (χ0v) is 9.21. The molecule has 2 N–H and O–H groups in total. The third-order valence-electron chi connectivity index (χ3n) is 2.56. The van der Waals surface area contributed by atoms with Crippen molar-refractivity contribution < 1.29 is 27.0 Å². The van der Waals surface area contributed by atoms with E-state index < -0.39 is 17.9 Å². The molecule has 0 heterocycles. The Morgan fingerprint density at radius 3 is 2.39 bits per heavy atom. The van der Waals surface area contributed by atoms with Crippen LogP contribution in [0.4, 0.5) is 17.6 Å². The highest BCUT2D eigenvalue weighted by molar-refractivity contribution is 5.33. The molecule has 0 spiro atoms. The number of hydrogen-bond donors (Lipinski definition) is 1. The molecular formula is C11H11F4NO2. The fourth-order valence-corrected chi connectivity index (χ4v) is 1.66. The molecule has 0 aromatic heterocycles. The average molecular weight is 265 g/mol. The first-order chi connectivity index (χ1) is 8.33. The van der Waals surface area contributed by atoms with Gasteiger partial charge in [0.1, 0.15) is 11.9 Å². The van der Waals surface area contributed by atoms with Crippen LogP contribution in [0, 0.1) is 5.82 Å². The van der Waals surface area contributed by atoms with Crippen molar-refractivity contribution in [2.75, 3.05) is 0 Å². The minimum Gasteiger partial charge on any atom is -0.490 e. The molecule has 1 saturated carbocycles. The molecule has 3 nitrogen and oxygen atoms in total. The van der Waals surface area contributed by atoms with Crippen LogP contribution in [-0.4, -0.2) is 18.5 Å². The third-order valence-corrected chi connectivity index (χ3v) is 2.56. The van der Waals surface area contributed by atoms with Crippen LogP contribution in [0.2, 0.25) is 0 Å². The summed E-state index contributed by atoms with van der Waals surface area (Å²) in [5.41, 5.74) is 5.55. The second-order valence-corrected chi connectivity index (χ2v) is 4.11. The van der Waals surface area contributed by atoms with E-state index in [1.165, 1.54) is 6.07 Å². The largest absolute Gasteiger partial charge is 0.573 e. The second-order valence-electron chi connectivity index (χ2n) is 4.11. The van der Waals surface area contributed by atoms with Gasteiger partial charge in [0.2, 0.25) is 0 Å². The summed E-state index contributed by atoms with van der Waals surface area (Å²) < 4.78 is 57.8. The maximum atomic E-state index is 13.3. The smallest absolute Gasteiger partial charge is 0.490 e. The fraction of sp³-hybridized carbons (Fsp3) is 0.455. The molecule has 0 saturated heterocycles. The van der Waals surface area contributed by atoms with Crippen molar-refractivity contribution in [3.05, 3.63) is 24.0 Å². The van der Waals surface area contributed by atoms with Crippen molar-refractivity contribution in [2.45, 2.75) is 31.3 Å². The predicted molar refractivity (Wildman–Crippen MR) is 54.7 cm³/mol. The summed E-state index contributed by atoms with van der Waals surface area (Å²) in [6, 6.07) is 3.06. The van der Waals surface area contributed by atoms with Crippen LogP contribution >= 0.6 is 0 Å². The lowest BCUT2D eigenvalue weighted by molar-refractivity contribution is -0.275. The van der Waals surface area contributed by atoms with Crippen molar-refractivity contribution in [3.63, 3.8) is 0 Å². The summed E-state index contributed by atoms with van der Waals surface area (Å²) in [6.07, 6.45) is -3.71. The summed E-state index contributed by atoms with van der Waals surface area (Å²) in [7, 11) is 0. The van der Waals surface area contributed by atoms with Gasteiger partial charge >= 0.3 is 6.36 Å². The normalized spacial score (nSPS) is 23.4. The lowest BCUT2D eigenvalue weighted by Crippen LogP contribution is -2.43. The van der Waals surface area contributed by atoms with Gasteiger partial charge in [-0.25, -0.2) is 4.39 Å². The Kier molecular flexibility index (Phi) is 3.34. The molecule has 100 valence electrons. The zero-order valence-electron chi connectivity index (χ0n) is 9.21. The van der Waals surface area contributed by atoms with Crippen molar-refractivity contribution >= 4 is 0 Å². The molecule has 0 unspecified atom stereocenters. The number of hydrogen-bond acceptors (Lipinski definition) is 3. The van der Waals surface area contributed by atoms with Crippen molar-refractivity contribution in [3.8, 4) is 11.5 Å². The van der Waals surface area contributed by atoms with Gasteiger partial charge in [-0.05, 0) is 25.0 Å². The van der Waals surface area contributed by atoms with Crippen LogP contribution in [0.3, 0.4) is 0 Å². The maximum Gasteiger partial charge on any atom is 0.573 e. The predicted octanol–water partition coefficient (Wildman–Crippen LogP) is 2.59. The minimum absolute atomic E-state index is 0.0766. The molecule has 18 heavy (non-hydrogen) atoms. The molecule has 0 amide bonds. The minimum atomic E-state index is -4.91. The van der Waals surface area contributed by atoms with E-state index in [1.54, 1.807) is 0 Å². The van der Waals surface area contributed by atoms with E-state index in [2.05, 4.69) is 4.74 Å². The van der Waals surface area contributed by atoms with Crippen LogP contribution in [0.15, 0.2) is 18.2 Å². The van der Waals surface area contributed by atoms with E-state index in [-0.39, 0.29) is 17.9 Å². The summed E-state index contributed by atoms with van der Waals surface area (Å²) >= 11 is 0. The number of benzene rings is 1. The molecule has 0 bridgehead atoms. The lowest BCUT2D eigenvalue weighted by atomic mass is 9.90. The van der Waals surface area contributed by atoms with Crippen LogP contribution in [-0.2, 0) is 0 Å². The molecule has 7 heteroatoms. The van der Waals surface area contributed by atoms with E-state index in [4.69, 9.17) is 10.5 Å². The van der Waals surface area contributed by atoms with Crippen LogP contribution in [0.1, 0.15) is 12.8 Å². The van der Waals surface area contributed by atoms with Gasteiger partial charge in [-0.3, -0.25) is 0 Å². The molecule has 0 aliphatic heterocycles. The number of halogens is 4. The van der Waals surface area contributed by atoms with Gasteiger partial charge in [-0.1, -0.05) is 0 Å². The zero-order chi connectivity index (χ0) is 13.3. The van der Waals surface area contributed by atoms with E-state index in [9.17, 15) is 17.6 Å². The SMILES string of the molecule is N[C@H]1C[C@H](Oc2ccc(OC(F)(F)F)c(F)c2)C1. The second kappa shape index (κ2) is 4.64. The quantitative estimate of drug-likeness (QED) is 0.854. The molecule has 0 radical (unpaired) electrons. The van der Waals surface area contributed by atoms with E-state index in [1.807, 2.05) is 0 Å². The Hall–Kier alpha value is -1.50. The molecule has 0 atom stereocenters. The molecule has 1 aromatic rings. The summed E-state index contributed by atoms with van der Waals surface area (Å²) in [5.74, 6) is -1.83. The summed E-state index contributed by atoms with van der Waals surface area (Å²) in [4.78, 5) is 0. The fourth-order valence-electron chi connectivity index (χ4n) is 1.66. The molecule has 1 fully saturated rings. The standard InChI is InChI=1S/C11H11F4NO2/c12-9-5-7(17-8-3-6(16)4-8)1-2-10(9)18-11(13,14)15/h1-2,5-6,8H,3-4,16H2/t6-,8-. The maximum absolute atomic E-state index is 13.3. The van der Waals surface area contributed by atoms with Gasteiger partial charge in [-0.2, -0.15) is 0 Å². The first kappa shape index (κ1) is 12.9. The highest BCUT2D eigenvalue weighted by Gasteiger charge is 2.32. The molecule has 1 aromatic carbocycles. The van der Waals surface area contributed by atoms with E-state index >= 15 is 0 Å². The Morgan fingerprint density at radius 1 is 1.22 bits per heavy atom. The Labute approximate surface area is 100 Å². The highest BCUT2D eigenvalue weighted by atomic mass is 19.4. The van der Waals surface area contributed by atoms with E-state index in [0.717, 1.165) is 12.1 Å². The van der Waals surface area contributed by atoms with Crippen LogP contribution < -0.4 is 15.2 Å². The van der Waals surface area contributed by atoms with Gasteiger partial charge in [0.15, 0.2) is 11.6 Å². The van der Waals surface area contributed by atoms with E-state index in [0.29, 0.717) is 12.8 Å².